The van der Waals surface area contributed by atoms with Crippen molar-refractivity contribution in [1.82, 2.24) is 4.90 Å². The zero-order valence-corrected chi connectivity index (χ0v) is 15.1. The molecule has 0 radical (unpaired) electrons. The van der Waals surface area contributed by atoms with Gasteiger partial charge in [0, 0.05) is 24.3 Å². The summed E-state index contributed by atoms with van der Waals surface area (Å²) in [6.45, 7) is 4.23. The lowest BCUT2D eigenvalue weighted by Gasteiger charge is -2.26. The van der Waals surface area contributed by atoms with Crippen LogP contribution in [0.2, 0.25) is 5.02 Å². The standard InChI is InChI=1S/C16H21ClN2O4S/c1-3-7-19(13-6-8-24(21,22)11-13)10-16(20)18-12-4-5-14(17)15(9-12)23-2/h3-5,9,13H,1,6-8,10-11H2,2H3,(H,18,20). The van der Waals surface area contributed by atoms with Crippen LogP contribution in [0.1, 0.15) is 6.42 Å². The van der Waals surface area contributed by atoms with Crippen LogP contribution in [-0.4, -0.2) is 57.0 Å². The second kappa shape index (κ2) is 8.00. The number of amides is 1. The molecule has 1 N–H and O–H groups in total. The Morgan fingerprint density at radius 3 is 2.88 bits per heavy atom. The third-order valence-corrected chi connectivity index (χ3v) is 5.93. The molecule has 0 bridgehead atoms. The van der Waals surface area contributed by atoms with Gasteiger partial charge in [-0.05, 0) is 18.6 Å². The van der Waals surface area contributed by atoms with E-state index in [2.05, 4.69) is 11.9 Å². The zero-order valence-electron chi connectivity index (χ0n) is 13.5. The number of hydrogen-bond acceptors (Lipinski definition) is 5. The van der Waals surface area contributed by atoms with Crippen molar-refractivity contribution in [2.45, 2.75) is 12.5 Å². The highest BCUT2D eigenvalue weighted by Crippen LogP contribution is 2.27. The number of rotatable bonds is 7. The molecular weight excluding hydrogens is 352 g/mol. The van der Waals surface area contributed by atoms with Crippen LogP contribution in [0.3, 0.4) is 0 Å². The van der Waals surface area contributed by atoms with Crippen LogP contribution < -0.4 is 10.1 Å². The van der Waals surface area contributed by atoms with Gasteiger partial charge in [-0.3, -0.25) is 9.69 Å². The average Bonchev–Trinajstić information content (AvgIpc) is 2.89. The monoisotopic (exact) mass is 372 g/mol. The molecule has 0 aliphatic carbocycles. The molecule has 8 heteroatoms. The van der Waals surface area contributed by atoms with E-state index in [1.165, 1.54) is 7.11 Å². The van der Waals surface area contributed by atoms with Crippen molar-refractivity contribution in [2.75, 3.05) is 37.0 Å². The van der Waals surface area contributed by atoms with Gasteiger partial charge in [0.2, 0.25) is 5.91 Å². The Balaban J connectivity index is 2.02. The highest BCUT2D eigenvalue weighted by atomic mass is 35.5. The van der Waals surface area contributed by atoms with Crippen molar-refractivity contribution in [3.63, 3.8) is 0 Å². The molecule has 1 unspecified atom stereocenters. The lowest BCUT2D eigenvalue weighted by Crippen LogP contribution is -2.41. The molecular formula is C16H21ClN2O4S. The van der Waals surface area contributed by atoms with Crippen molar-refractivity contribution in [3.8, 4) is 5.75 Å². The number of nitrogens with zero attached hydrogens (tertiary/aromatic N) is 1. The molecule has 1 amide bonds. The van der Waals surface area contributed by atoms with Gasteiger partial charge in [-0.25, -0.2) is 8.42 Å². The Kier molecular flexibility index (Phi) is 6.26. The Hall–Kier alpha value is -1.57. The molecule has 0 aromatic heterocycles. The number of benzene rings is 1. The van der Waals surface area contributed by atoms with Gasteiger partial charge in [0.15, 0.2) is 9.84 Å². The summed E-state index contributed by atoms with van der Waals surface area (Å²) in [5.41, 5.74) is 0.568. The number of nitrogens with one attached hydrogen (secondary N) is 1. The van der Waals surface area contributed by atoms with E-state index >= 15 is 0 Å². The molecule has 1 aromatic carbocycles. The largest absolute Gasteiger partial charge is 0.495 e. The minimum Gasteiger partial charge on any atom is -0.495 e. The summed E-state index contributed by atoms with van der Waals surface area (Å²) in [7, 11) is -1.51. The molecule has 1 fully saturated rings. The smallest absolute Gasteiger partial charge is 0.238 e. The van der Waals surface area contributed by atoms with Gasteiger partial charge in [0.1, 0.15) is 5.75 Å². The van der Waals surface area contributed by atoms with Gasteiger partial charge < -0.3 is 10.1 Å². The lowest BCUT2D eigenvalue weighted by molar-refractivity contribution is -0.117. The summed E-state index contributed by atoms with van der Waals surface area (Å²) >= 11 is 5.96. The summed E-state index contributed by atoms with van der Waals surface area (Å²) in [5, 5.41) is 3.23. The average molecular weight is 373 g/mol. The molecule has 1 heterocycles. The Morgan fingerprint density at radius 1 is 1.54 bits per heavy atom. The van der Waals surface area contributed by atoms with E-state index in [1.54, 1.807) is 24.3 Å². The number of methoxy groups -OCH3 is 1. The number of hydrogen-bond donors (Lipinski definition) is 1. The summed E-state index contributed by atoms with van der Waals surface area (Å²) < 4.78 is 28.4. The second-order valence-corrected chi connectivity index (χ2v) is 8.31. The number of ether oxygens (including phenoxy) is 1. The minimum absolute atomic E-state index is 0.0862. The molecule has 1 aromatic rings. The number of sulfone groups is 1. The van der Waals surface area contributed by atoms with Crippen LogP contribution >= 0.6 is 11.6 Å². The number of carbonyl (C=O) groups is 1. The summed E-state index contributed by atoms with van der Waals surface area (Å²) in [4.78, 5) is 14.1. The third-order valence-electron chi connectivity index (χ3n) is 3.87. The van der Waals surface area contributed by atoms with Crippen LogP contribution in [0.4, 0.5) is 5.69 Å². The van der Waals surface area contributed by atoms with Crippen molar-refractivity contribution in [1.29, 1.82) is 0 Å². The van der Waals surface area contributed by atoms with E-state index in [4.69, 9.17) is 16.3 Å². The fraction of sp³-hybridized carbons (Fsp3) is 0.438. The van der Waals surface area contributed by atoms with Gasteiger partial charge in [0.25, 0.3) is 0 Å². The minimum atomic E-state index is -3.01. The number of carbonyl (C=O) groups excluding carboxylic acids is 1. The highest BCUT2D eigenvalue weighted by Gasteiger charge is 2.32. The van der Waals surface area contributed by atoms with Crippen LogP contribution in [0.5, 0.6) is 5.75 Å². The predicted octanol–water partition coefficient (Wildman–Crippen LogP) is 1.96. The van der Waals surface area contributed by atoms with E-state index in [-0.39, 0.29) is 30.0 Å². The molecule has 1 saturated heterocycles. The molecule has 2 rings (SSSR count). The van der Waals surface area contributed by atoms with Crippen LogP contribution in [-0.2, 0) is 14.6 Å². The van der Waals surface area contributed by atoms with E-state index in [1.807, 2.05) is 4.90 Å². The summed E-state index contributed by atoms with van der Waals surface area (Å²) in [5.74, 6) is 0.495. The third kappa shape index (κ3) is 4.96. The maximum atomic E-state index is 12.3. The first-order valence-corrected chi connectivity index (χ1v) is 9.73. The Labute approximate surface area is 147 Å². The van der Waals surface area contributed by atoms with Crippen molar-refractivity contribution < 1.29 is 17.9 Å². The van der Waals surface area contributed by atoms with E-state index in [0.29, 0.717) is 29.4 Å². The van der Waals surface area contributed by atoms with Crippen molar-refractivity contribution in [3.05, 3.63) is 35.9 Å². The first-order valence-electron chi connectivity index (χ1n) is 7.53. The SMILES string of the molecule is C=CCN(CC(=O)Nc1ccc(Cl)c(OC)c1)C1CCS(=O)(=O)C1. The normalized spacial score (nSPS) is 19.2. The lowest BCUT2D eigenvalue weighted by atomic mass is 10.2. The number of anilines is 1. The van der Waals surface area contributed by atoms with E-state index in [0.717, 1.165) is 0 Å². The van der Waals surface area contributed by atoms with E-state index in [9.17, 15) is 13.2 Å². The molecule has 0 spiro atoms. The Morgan fingerprint density at radius 2 is 2.29 bits per heavy atom. The fourth-order valence-corrected chi connectivity index (χ4v) is 4.65. The Bertz CT molecular complexity index is 721. The zero-order chi connectivity index (χ0) is 17.7. The fourth-order valence-electron chi connectivity index (χ4n) is 2.69. The second-order valence-electron chi connectivity index (χ2n) is 5.67. The van der Waals surface area contributed by atoms with Gasteiger partial charge in [0.05, 0.1) is 30.2 Å². The summed E-state index contributed by atoms with van der Waals surface area (Å²) in [6.07, 6.45) is 2.21. The summed E-state index contributed by atoms with van der Waals surface area (Å²) in [6, 6.07) is 4.80. The topological polar surface area (TPSA) is 75.7 Å². The van der Waals surface area contributed by atoms with Crippen molar-refractivity contribution in [2.24, 2.45) is 0 Å². The van der Waals surface area contributed by atoms with Gasteiger partial charge in [-0.1, -0.05) is 17.7 Å². The van der Waals surface area contributed by atoms with Gasteiger partial charge in [-0.2, -0.15) is 0 Å². The molecule has 1 aliphatic rings. The van der Waals surface area contributed by atoms with Crippen LogP contribution in [0.25, 0.3) is 0 Å². The predicted molar refractivity (Wildman–Crippen MR) is 95.5 cm³/mol. The van der Waals surface area contributed by atoms with E-state index < -0.39 is 9.84 Å². The first kappa shape index (κ1) is 18.8. The molecule has 1 atom stereocenters. The maximum Gasteiger partial charge on any atom is 0.238 e. The highest BCUT2D eigenvalue weighted by molar-refractivity contribution is 7.91. The van der Waals surface area contributed by atoms with Crippen LogP contribution in [0, 0.1) is 0 Å². The molecule has 24 heavy (non-hydrogen) atoms. The number of halogens is 1. The molecule has 1 aliphatic heterocycles. The van der Waals surface area contributed by atoms with Crippen LogP contribution in [0.15, 0.2) is 30.9 Å². The quantitative estimate of drug-likeness (QED) is 0.740. The first-order chi connectivity index (χ1) is 11.3. The molecule has 132 valence electrons. The maximum absolute atomic E-state index is 12.3. The molecule has 0 saturated carbocycles. The molecule has 6 nitrogen and oxygen atoms in total. The van der Waals surface area contributed by atoms with Gasteiger partial charge in [-0.15, -0.1) is 6.58 Å². The van der Waals surface area contributed by atoms with Gasteiger partial charge >= 0.3 is 0 Å². The van der Waals surface area contributed by atoms with Crippen molar-refractivity contribution >= 4 is 33.0 Å².